The van der Waals surface area contributed by atoms with Crippen LogP contribution in [0.3, 0.4) is 0 Å². The molecule has 1 fully saturated rings. The van der Waals surface area contributed by atoms with Crippen molar-refractivity contribution >= 4 is 35.1 Å². The first-order chi connectivity index (χ1) is 9.43. The van der Waals surface area contributed by atoms with Crippen molar-refractivity contribution in [1.29, 1.82) is 0 Å². The van der Waals surface area contributed by atoms with E-state index in [1.165, 1.54) is 19.4 Å². The Morgan fingerprint density at radius 2 is 2.10 bits per heavy atom. The molecule has 1 aromatic heterocycles. The fourth-order valence-corrected chi connectivity index (χ4v) is 2.58. The molecule has 0 radical (unpaired) electrons. The van der Waals surface area contributed by atoms with Crippen molar-refractivity contribution in [1.82, 2.24) is 9.88 Å². The highest BCUT2D eigenvalue weighted by Gasteiger charge is 2.38. The van der Waals surface area contributed by atoms with E-state index in [4.69, 9.17) is 27.9 Å². The lowest BCUT2D eigenvalue weighted by molar-refractivity contribution is -0.146. The Morgan fingerprint density at radius 3 is 2.70 bits per heavy atom. The van der Waals surface area contributed by atoms with Crippen LogP contribution in [0.25, 0.3) is 0 Å². The smallest absolute Gasteiger partial charge is 0.310 e. The average molecular weight is 317 g/mol. The first-order valence-corrected chi connectivity index (χ1v) is 6.87. The zero-order valence-corrected chi connectivity index (χ0v) is 12.6. The Morgan fingerprint density at radius 1 is 1.40 bits per heavy atom. The van der Waals surface area contributed by atoms with E-state index in [0.717, 1.165) is 0 Å². The molecular weight excluding hydrogens is 303 g/mol. The van der Waals surface area contributed by atoms with E-state index in [2.05, 4.69) is 4.98 Å². The van der Waals surface area contributed by atoms with Crippen molar-refractivity contribution in [3.63, 3.8) is 0 Å². The van der Waals surface area contributed by atoms with Crippen LogP contribution in [0.15, 0.2) is 12.3 Å². The third-order valence-corrected chi connectivity index (χ3v) is 4.13. The van der Waals surface area contributed by atoms with E-state index in [1.54, 1.807) is 4.90 Å². The molecule has 1 aliphatic heterocycles. The number of carbonyl (C=O) groups excluding carboxylic acids is 2. The second kappa shape index (κ2) is 5.97. The molecule has 2 heterocycles. The molecular formula is C13H14Cl2N2O3. The molecule has 0 N–H and O–H groups in total. The Labute approximate surface area is 126 Å². The minimum absolute atomic E-state index is 0.0575. The number of hydrogen-bond donors (Lipinski definition) is 0. The molecule has 20 heavy (non-hydrogen) atoms. The maximum atomic E-state index is 12.3. The fraction of sp³-hybridized carbons (Fsp3) is 0.462. The van der Waals surface area contributed by atoms with Crippen LogP contribution < -0.4 is 0 Å². The molecule has 0 saturated carbocycles. The van der Waals surface area contributed by atoms with Gasteiger partial charge in [0.1, 0.15) is 5.15 Å². The molecule has 1 aromatic rings. The van der Waals surface area contributed by atoms with Crippen molar-refractivity contribution in [2.75, 3.05) is 20.2 Å². The minimum atomic E-state index is -0.292. The summed E-state index contributed by atoms with van der Waals surface area (Å²) in [5.74, 6) is -0.740. The molecule has 0 bridgehead atoms. The number of pyridine rings is 1. The molecule has 7 heteroatoms. The van der Waals surface area contributed by atoms with Crippen LogP contribution in [0.1, 0.15) is 17.3 Å². The van der Waals surface area contributed by atoms with Crippen LogP contribution in [0.4, 0.5) is 0 Å². The summed E-state index contributed by atoms with van der Waals surface area (Å²) in [5.41, 5.74) is 0.358. The maximum absolute atomic E-state index is 12.3. The third-order valence-electron chi connectivity index (χ3n) is 3.45. The Hall–Kier alpha value is -1.33. The van der Waals surface area contributed by atoms with Crippen LogP contribution in [0, 0.1) is 11.8 Å². The molecule has 0 aromatic carbocycles. The predicted octanol–water partition coefficient (Wildman–Crippen LogP) is 2.27. The summed E-state index contributed by atoms with van der Waals surface area (Å²) in [5, 5.41) is 0.389. The van der Waals surface area contributed by atoms with Crippen molar-refractivity contribution in [2.45, 2.75) is 6.92 Å². The summed E-state index contributed by atoms with van der Waals surface area (Å²) in [7, 11) is 1.35. The number of nitrogens with zero attached hydrogens (tertiary/aromatic N) is 2. The molecule has 2 rings (SSSR count). The highest BCUT2D eigenvalue weighted by molar-refractivity contribution is 6.41. The first kappa shape index (κ1) is 15.1. The van der Waals surface area contributed by atoms with Gasteiger partial charge in [-0.1, -0.05) is 30.1 Å². The summed E-state index contributed by atoms with van der Waals surface area (Å²) < 4.78 is 4.75. The zero-order valence-electron chi connectivity index (χ0n) is 11.1. The lowest BCUT2D eigenvalue weighted by Gasteiger charge is -2.16. The van der Waals surface area contributed by atoms with E-state index in [1.807, 2.05) is 6.92 Å². The van der Waals surface area contributed by atoms with Gasteiger partial charge in [-0.05, 0) is 12.0 Å². The molecule has 2 atom stereocenters. The van der Waals surface area contributed by atoms with E-state index in [9.17, 15) is 9.59 Å². The summed E-state index contributed by atoms with van der Waals surface area (Å²) in [4.78, 5) is 29.4. The number of hydrogen-bond acceptors (Lipinski definition) is 4. The first-order valence-electron chi connectivity index (χ1n) is 6.12. The molecule has 1 aliphatic rings. The largest absolute Gasteiger partial charge is 0.469 e. The Kier molecular flexibility index (Phi) is 4.50. The number of amides is 1. The van der Waals surface area contributed by atoms with Gasteiger partial charge in [-0.2, -0.15) is 0 Å². The van der Waals surface area contributed by atoms with Gasteiger partial charge in [0.05, 0.1) is 23.6 Å². The van der Waals surface area contributed by atoms with Gasteiger partial charge >= 0.3 is 5.97 Å². The molecule has 1 amide bonds. The summed E-state index contributed by atoms with van der Waals surface area (Å²) in [6.45, 7) is 2.76. The highest BCUT2D eigenvalue weighted by atomic mass is 35.5. The number of halogens is 2. The predicted molar refractivity (Wildman–Crippen MR) is 74.8 cm³/mol. The Balaban J connectivity index is 2.14. The van der Waals surface area contributed by atoms with Crippen molar-refractivity contribution in [3.05, 3.63) is 28.0 Å². The van der Waals surface area contributed by atoms with Crippen LogP contribution >= 0.6 is 23.2 Å². The van der Waals surface area contributed by atoms with Crippen molar-refractivity contribution < 1.29 is 14.3 Å². The second-order valence-corrected chi connectivity index (χ2v) is 5.58. The number of esters is 1. The van der Waals surface area contributed by atoms with Gasteiger partial charge in [-0.15, -0.1) is 0 Å². The molecule has 108 valence electrons. The summed E-state index contributed by atoms with van der Waals surface area (Å²) in [6.07, 6.45) is 1.38. The van der Waals surface area contributed by atoms with Gasteiger partial charge in [0, 0.05) is 19.3 Å². The maximum Gasteiger partial charge on any atom is 0.310 e. The van der Waals surface area contributed by atoms with E-state index >= 15 is 0 Å². The van der Waals surface area contributed by atoms with Crippen LogP contribution in [0.5, 0.6) is 0 Å². The fourth-order valence-electron chi connectivity index (χ4n) is 2.31. The van der Waals surface area contributed by atoms with E-state index in [-0.39, 0.29) is 33.9 Å². The van der Waals surface area contributed by atoms with Crippen LogP contribution in [0.2, 0.25) is 10.2 Å². The van der Waals surface area contributed by atoms with Gasteiger partial charge in [0.2, 0.25) is 0 Å². The van der Waals surface area contributed by atoms with Crippen molar-refractivity contribution in [3.8, 4) is 0 Å². The number of aromatic nitrogens is 1. The molecule has 2 unspecified atom stereocenters. The standard InChI is InChI=1S/C13H14Cl2N2O3/c1-7-5-17(6-9(7)13(19)20-2)12(18)8-3-10(14)11(15)16-4-8/h3-4,7,9H,5-6H2,1-2H3. The molecule has 5 nitrogen and oxygen atoms in total. The average Bonchev–Trinajstić information content (AvgIpc) is 2.82. The lowest BCUT2D eigenvalue weighted by atomic mass is 9.99. The molecule has 1 saturated heterocycles. The van der Waals surface area contributed by atoms with Gasteiger partial charge in [0.25, 0.3) is 5.91 Å². The normalized spacial score (nSPS) is 21.9. The molecule has 0 spiro atoms. The highest BCUT2D eigenvalue weighted by Crippen LogP contribution is 2.27. The van der Waals surface area contributed by atoms with Gasteiger partial charge in [-0.25, -0.2) is 4.98 Å². The number of carbonyl (C=O) groups is 2. The summed E-state index contributed by atoms with van der Waals surface area (Å²) in [6, 6.07) is 1.48. The van der Waals surface area contributed by atoms with Gasteiger partial charge < -0.3 is 9.64 Å². The minimum Gasteiger partial charge on any atom is -0.469 e. The quantitative estimate of drug-likeness (QED) is 0.620. The number of ether oxygens (including phenoxy) is 1. The number of likely N-dealkylation sites (tertiary alicyclic amines) is 1. The third kappa shape index (κ3) is 2.88. The van der Waals surface area contributed by atoms with Crippen LogP contribution in [-0.4, -0.2) is 42.0 Å². The van der Waals surface area contributed by atoms with Gasteiger partial charge in [0.15, 0.2) is 0 Å². The lowest BCUT2D eigenvalue weighted by Crippen LogP contribution is -2.30. The van der Waals surface area contributed by atoms with Gasteiger partial charge in [-0.3, -0.25) is 9.59 Å². The Bertz CT molecular complexity index is 550. The summed E-state index contributed by atoms with van der Waals surface area (Å²) >= 11 is 11.6. The topological polar surface area (TPSA) is 59.5 Å². The zero-order chi connectivity index (χ0) is 14.9. The monoisotopic (exact) mass is 316 g/mol. The SMILES string of the molecule is COC(=O)C1CN(C(=O)c2cnc(Cl)c(Cl)c2)CC1C. The molecule has 0 aliphatic carbocycles. The van der Waals surface area contributed by atoms with Crippen molar-refractivity contribution in [2.24, 2.45) is 11.8 Å². The number of methoxy groups -OCH3 is 1. The second-order valence-electron chi connectivity index (χ2n) is 4.81. The number of rotatable bonds is 2. The van der Waals surface area contributed by atoms with E-state index in [0.29, 0.717) is 18.7 Å². The van der Waals surface area contributed by atoms with E-state index < -0.39 is 0 Å². The van der Waals surface area contributed by atoms with Crippen LogP contribution in [-0.2, 0) is 9.53 Å².